The first-order valence-electron chi connectivity index (χ1n) is 6.13. The van der Waals surface area contributed by atoms with E-state index in [1.165, 1.54) is 0 Å². The minimum absolute atomic E-state index is 0.342. The third-order valence-corrected chi connectivity index (χ3v) is 2.72. The fourth-order valence-corrected chi connectivity index (χ4v) is 1.92. The van der Waals surface area contributed by atoms with Crippen molar-refractivity contribution in [1.82, 2.24) is 15.0 Å². The van der Waals surface area contributed by atoms with Crippen LogP contribution < -0.4 is 4.74 Å². The predicted molar refractivity (Wildman–Crippen MR) is 71.6 cm³/mol. The van der Waals surface area contributed by atoms with E-state index in [2.05, 4.69) is 30.2 Å². The summed E-state index contributed by atoms with van der Waals surface area (Å²) < 4.78 is 6.99. The van der Waals surface area contributed by atoms with Crippen molar-refractivity contribution < 1.29 is 4.74 Å². The van der Waals surface area contributed by atoms with Gasteiger partial charge < -0.3 is 4.74 Å². The Hall–Kier alpha value is -2.35. The molecule has 2 rings (SSSR count). The summed E-state index contributed by atoms with van der Waals surface area (Å²) in [5.74, 6) is 1.18. The number of hydrogen-bond donors (Lipinski definition) is 0. The third-order valence-electron chi connectivity index (χ3n) is 2.72. The fraction of sp³-hybridized carbons (Fsp3) is 0.357. The Bertz CT molecular complexity index is 610. The molecular weight excluding hydrogens is 240 g/mol. The van der Waals surface area contributed by atoms with Gasteiger partial charge >= 0.3 is 0 Å². The van der Waals surface area contributed by atoms with E-state index in [1.54, 1.807) is 11.8 Å². The van der Waals surface area contributed by atoms with Crippen LogP contribution >= 0.6 is 0 Å². The van der Waals surface area contributed by atoms with Gasteiger partial charge in [0, 0.05) is 12.1 Å². The smallest absolute Gasteiger partial charge is 0.190 e. The number of benzene rings is 1. The van der Waals surface area contributed by atoms with E-state index in [0.717, 1.165) is 23.6 Å². The van der Waals surface area contributed by atoms with E-state index < -0.39 is 0 Å². The molecule has 0 aliphatic carbocycles. The van der Waals surface area contributed by atoms with Crippen LogP contribution in [0.3, 0.4) is 0 Å². The number of ether oxygens (including phenoxy) is 1. The SMILES string of the molecule is COc1cccc(-c2c(C#N)nnn2CC(C)C)c1. The fourth-order valence-electron chi connectivity index (χ4n) is 1.92. The number of hydrogen-bond acceptors (Lipinski definition) is 4. The highest BCUT2D eigenvalue weighted by Gasteiger charge is 2.15. The largest absolute Gasteiger partial charge is 0.497 e. The van der Waals surface area contributed by atoms with Crippen molar-refractivity contribution in [2.24, 2.45) is 5.92 Å². The lowest BCUT2D eigenvalue weighted by molar-refractivity contribution is 0.415. The molecule has 19 heavy (non-hydrogen) atoms. The van der Waals surface area contributed by atoms with Crippen molar-refractivity contribution in [3.05, 3.63) is 30.0 Å². The number of methoxy groups -OCH3 is 1. The van der Waals surface area contributed by atoms with Gasteiger partial charge in [0.1, 0.15) is 17.5 Å². The van der Waals surface area contributed by atoms with Gasteiger partial charge in [-0.3, -0.25) is 0 Å². The van der Waals surface area contributed by atoms with E-state index in [4.69, 9.17) is 10.00 Å². The highest BCUT2D eigenvalue weighted by atomic mass is 16.5. The van der Waals surface area contributed by atoms with Gasteiger partial charge in [-0.2, -0.15) is 5.26 Å². The monoisotopic (exact) mass is 256 g/mol. The maximum atomic E-state index is 9.16. The summed E-state index contributed by atoms with van der Waals surface area (Å²) >= 11 is 0. The molecule has 0 saturated carbocycles. The number of nitrogens with zero attached hydrogens (tertiary/aromatic N) is 4. The number of nitriles is 1. The number of rotatable bonds is 4. The molecule has 0 fully saturated rings. The molecule has 1 aromatic heterocycles. The van der Waals surface area contributed by atoms with Crippen molar-refractivity contribution in [2.45, 2.75) is 20.4 Å². The van der Waals surface area contributed by atoms with E-state index in [0.29, 0.717) is 11.6 Å². The average Bonchev–Trinajstić information content (AvgIpc) is 2.80. The summed E-state index contributed by atoms with van der Waals surface area (Å²) in [4.78, 5) is 0. The molecule has 98 valence electrons. The van der Waals surface area contributed by atoms with Crippen LogP contribution in [0.5, 0.6) is 5.75 Å². The van der Waals surface area contributed by atoms with Crippen molar-refractivity contribution in [1.29, 1.82) is 5.26 Å². The Balaban J connectivity index is 2.52. The van der Waals surface area contributed by atoms with Gasteiger partial charge in [-0.05, 0) is 18.1 Å². The van der Waals surface area contributed by atoms with E-state index in [9.17, 15) is 0 Å². The molecule has 0 spiro atoms. The van der Waals surface area contributed by atoms with Crippen molar-refractivity contribution in [3.63, 3.8) is 0 Å². The molecule has 0 N–H and O–H groups in total. The summed E-state index contributed by atoms with van der Waals surface area (Å²) in [6, 6.07) is 9.66. The first-order chi connectivity index (χ1) is 9.15. The van der Waals surface area contributed by atoms with Gasteiger partial charge in [0.15, 0.2) is 5.69 Å². The van der Waals surface area contributed by atoms with Crippen LogP contribution in [0.1, 0.15) is 19.5 Å². The van der Waals surface area contributed by atoms with Crippen LogP contribution in [-0.4, -0.2) is 22.1 Å². The second-order valence-electron chi connectivity index (χ2n) is 4.71. The lowest BCUT2D eigenvalue weighted by Crippen LogP contribution is -2.08. The molecule has 0 bridgehead atoms. The van der Waals surface area contributed by atoms with Crippen LogP contribution in [0.4, 0.5) is 0 Å². The van der Waals surface area contributed by atoms with Crippen molar-refractivity contribution in [3.8, 4) is 23.1 Å². The Morgan fingerprint density at radius 2 is 2.21 bits per heavy atom. The van der Waals surface area contributed by atoms with Gasteiger partial charge in [0.05, 0.1) is 7.11 Å². The Kier molecular flexibility index (Phi) is 3.81. The first-order valence-corrected chi connectivity index (χ1v) is 6.13. The highest BCUT2D eigenvalue weighted by Crippen LogP contribution is 2.26. The van der Waals surface area contributed by atoms with Gasteiger partial charge in [-0.1, -0.05) is 31.2 Å². The van der Waals surface area contributed by atoms with E-state index in [1.807, 2.05) is 24.3 Å². The lowest BCUT2D eigenvalue weighted by atomic mass is 10.1. The normalized spacial score (nSPS) is 10.5. The second-order valence-corrected chi connectivity index (χ2v) is 4.71. The Labute approximate surface area is 112 Å². The molecule has 0 radical (unpaired) electrons. The minimum atomic E-state index is 0.342. The van der Waals surface area contributed by atoms with Gasteiger partial charge in [0.25, 0.3) is 0 Å². The quantitative estimate of drug-likeness (QED) is 0.843. The van der Waals surface area contributed by atoms with Gasteiger partial charge in [0.2, 0.25) is 0 Å². The van der Waals surface area contributed by atoms with Crippen molar-refractivity contribution in [2.75, 3.05) is 7.11 Å². The molecule has 2 aromatic rings. The molecule has 5 heteroatoms. The zero-order valence-corrected chi connectivity index (χ0v) is 11.3. The van der Waals surface area contributed by atoms with Crippen molar-refractivity contribution >= 4 is 0 Å². The molecule has 5 nitrogen and oxygen atoms in total. The lowest BCUT2D eigenvalue weighted by Gasteiger charge is -2.09. The predicted octanol–water partition coefficient (Wildman–Crippen LogP) is 2.48. The van der Waals surface area contributed by atoms with E-state index in [-0.39, 0.29) is 0 Å². The summed E-state index contributed by atoms with van der Waals surface area (Å²) in [6.45, 7) is 4.92. The molecular formula is C14H16N4O. The summed E-state index contributed by atoms with van der Waals surface area (Å²) in [7, 11) is 1.62. The van der Waals surface area contributed by atoms with Crippen LogP contribution in [0.2, 0.25) is 0 Å². The highest BCUT2D eigenvalue weighted by molar-refractivity contribution is 5.66. The third kappa shape index (κ3) is 2.74. The molecule has 0 amide bonds. The van der Waals surface area contributed by atoms with Crippen LogP contribution in [-0.2, 0) is 6.54 Å². The maximum absolute atomic E-state index is 9.16. The Morgan fingerprint density at radius 1 is 1.42 bits per heavy atom. The standard InChI is InChI=1S/C14H16N4O/c1-10(2)9-18-14(13(8-15)16-17-18)11-5-4-6-12(7-11)19-3/h4-7,10H,9H2,1-3H3. The molecule has 1 heterocycles. The molecule has 1 aromatic carbocycles. The van der Waals surface area contributed by atoms with Crippen LogP contribution in [0.25, 0.3) is 11.3 Å². The second kappa shape index (κ2) is 5.53. The molecule has 0 aliphatic rings. The molecule has 0 atom stereocenters. The molecule has 0 unspecified atom stereocenters. The van der Waals surface area contributed by atoms with Crippen LogP contribution in [0.15, 0.2) is 24.3 Å². The molecule has 0 saturated heterocycles. The zero-order valence-electron chi connectivity index (χ0n) is 11.3. The zero-order chi connectivity index (χ0) is 13.8. The average molecular weight is 256 g/mol. The summed E-state index contributed by atoms with van der Waals surface area (Å²) in [5, 5.41) is 17.1. The van der Waals surface area contributed by atoms with Gasteiger partial charge in [-0.15, -0.1) is 5.10 Å². The summed E-state index contributed by atoms with van der Waals surface area (Å²) in [6.07, 6.45) is 0. The Morgan fingerprint density at radius 3 is 2.84 bits per heavy atom. The maximum Gasteiger partial charge on any atom is 0.190 e. The topological polar surface area (TPSA) is 63.7 Å². The van der Waals surface area contributed by atoms with Gasteiger partial charge in [-0.25, -0.2) is 4.68 Å². The van der Waals surface area contributed by atoms with E-state index >= 15 is 0 Å². The minimum Gasteiger partial charge on any atom is -0.497 e. The van der Waals surface area contributed by atoms with Crippen LogP contribution in [0, 0.1) is 17.2 Å². The number of aromatic nitrogens is 3. The summed E-state index contributed by atoms with van der Waals surface area (Å²) in [5.41, 5.74) is 1.98. The first kappa shape index (κ1) is 13.1. The molecule has 0 aliphatic heterocycles.